The summed E-state index contributed by atoms with van der Waals surface area (Å²) in [6, 6.07) is 5.28. The molecule has 28 heavy (non-hydrogen) atoms. The number of ether oxygens (including phenoxy) is 1. The summed E-state index contributed by atoms with van der Waals surface area (Å²) < 4.78 is 8.53. The number of hydrogen-bond donors (Lipinski definition) is 1. The maximum absolute atomic E-state index is 12.6. The van der Waals surface area contributed by atoms with E-state index >= 15 is 0 Å². The van der Waals surface area contributed by atoms with Crippen LogP contribution in [0.15, 0.2) is 27.8 Å². The zero-order chi connectivity index (χ0) is 19.8. The van der Waals surface area contributed by atoms with Crippen molar-refractivity contribution in [3.8, 4) is 0 Å². The quantitative estimate of drug-likeness (QED) is 0.688. The van der Waals surface area contributed by atoms with Gasteiger partial charge in [0.1, 0.15) is 5.82 Å². The summed E-state index contributed by atoms with van der Waals surface area (Å²) in [4.78, 5) is 33.8. The zero-order valence-corrected chi connectivity index (χ0v) is 16.8. The van der Waals surface area contributed by atoms with Crippen molar-refractivity contribution in [3.05, 3.63) is 60.5 Å². The first-order valence-electron chi connectivity index (χ1n) is 8.87. The molecule has 1 saturated heterocycles. The van der Waals surface area contributed by atoms with Crippen LogP contribution in [0.5, 0.6) is 0 Å². The number of aromatic nitrogens is 4. The van der Waals surface area contributed by atoms with Crippen molar-refractivity contribution in [2.75, 3.05) is 26.3 Å². The van der Waals surface area contributed by atoms with Crippen LogP contribution in [0, 0.1) is 0 Å². The van der Waals surface area contributed by atoms with Gasteiger partial charge in [-0.2, -0.15) is 0 Å². The van der Waals surface area contributed by atoms with Crippen LogP contribution in [0.25, 0.3) is 11.2 Å². The number of hydrogen-bond acceptors (Lipinski definition) is 5. The first-order chi connectivity index (χ1) is 13.5. The van der Waals surface area contributed by atoms with Gasteiger partial charge in [0, 0.05) is 35.7 Å². The summed E-state index contributed by atoms with van der Waals surface area (Å²) in [5, 5.41) is 1.01. The van der Waals surface area contributed by atoms with Crippen LogP contribution in [-0.4, -0.2) is 50.3 Å². The molecule has 0 spiro atoms. The fraction of sp³-hybridized carbons (Fsp3) is 0.389. The van der Waals surface area contributed by atoms with Crippen molar-refractivity contribution in [3.63, 3.8) is 0 Å². The fourth-order valence-corrected chi connectivity index (χ4v) is 3.89. The second-order valence-corrected chi connectivity index (χ2v) is 7.51. The Morgan fingerprint density at radius 3 is 2.50 bits per heavy atom. The van der Waals surface area contributed by atoms with Gasteiger partial charge in [-0.15, -0.1) is 0 Å². The lowest BCUT2D eigenvalue weighted by atomic mass is 10.2. The monoisotopic (exact) mass is 423 g/mol. The number of aromatic amines is 1. The van der Waals surface area contributed by atoms with Gasteiger partial charge in [-0.05, 0) is 12.1 Å². The topological polar surface area (TPSA) is 85.2 Å². The van der Waals surface area contributed by atoms with E-state index in [1.54, 1.807) is 29.8 Å². The van der Waals surface area contributed by atoms with E-state index in [4.69, 9.17) is 27.9 Å². The predicted octanol–water partition coefficient (Wildman–Crippen LogP) is 1.61. The van der Waals surface area contributed by atoms with Crippen molar-refractivity contribution in [2.45, 2.75) is 13.1 Å². The largest absolute Gasteiger partial charge is 0.379 e. The van der Waals surface area contributed by atoms with Gasteiger partial charge < -0.3 is 9.30 Å². The molecule has 0 saturated carbocycles. The molecular formula is C18H19Cl2N5O3. The lowest BCUT2D eigenvalue weighted by Crippen LogP contribution is -2.36. The van der Waals surface area contributed by atoms with Crippen LogP contribution in [0.2, 0.25) is 10.0 Å². The van der Waals surface area contributed by atoms with E-state index < -0.39 is 11.2 Å². The molecule has 1 aliphatic heterocycles. The number of nitrogens with one attached hydrogen (secondary N) is 1. The first kappa shape index (κ1) is 19.2. The molecule has 4 rings (SSSR count). The summed E-state index contributed by atoms with van der Waals surface area (Å²) in [6.45, 7) is 3.63. The molecule has 1 N–H and O–H groups in total. The average molecular weight is 424 g/mol. The van der Waals surface area contributed by atoms with E-state index in [-0.39, 0.29) is 6.54 Å². The Bertz CT molecular complexity index is 1120. The molecule has 2 aromatic heterocycles. The van der Waals surface area contributed by atoms with Gasteiger partial charge in [0.15, 0.2) is 11.2 Å². The van der Waals surface area contributed by atoms with Gasteiger partial charge in [-0.1, -0.05) is 29.3 Å². The van der Waals surface area contributed by atoms with Gasteiger partial charge in [-0.25, -0.2) is 9.78 Å². The Morgan fingerprint density at radius 2 is 1.82 bits per heavy atom. The highest BCUT2D eigenvalue weighted by Crippen LogP contribution is 2.27. The van der Waals surface area contributed by atoms with E-state index in [9.17, 15) is 9.59 Å². The summed E-state index contributed by atoms with van der Waals surface area (Å²) in [6.07, 6.45) is 0. The molecular weight excluding hydrogens is 405 g/mol. The highest BCUT2D eigenvalue weighted by molar-refractivity contribution is 6.36. The first-order valence-corrected chi connectivity index (χ1v) is 9.62. The molecule has 1 fully saturated rings. The molecule has 0 aliphatic carbocycles. The van der Waals surface area contributed by atoms with Crippen molar-refractivity contribution in [2.24, 2.45) is 7.05 Å². The summed E-state index contributed by atoms with van der Waals surface area (Å²) in [5.74, 6) is 0.666. The third-order valence-corrected chi connectivity index (χ3v) is 5.64. The second-order valence-electron chi connectivity index (χ2n) is 6.69. The Kier molecular flexibility index (Phi) is 5.29. The number of H-pyrrole nitrogens is 1. The predicted molar refractivity (Wildman–Crippen MR) is 107 cm³/mol. The van der Waals surface area contributed by atoms with Crippen molar-refractivity contribution < 1.29 is 4.74 Å². The standard InChI is InChI=1S/C18H19Cl2N5O3/c1-23-16-15(17(26)22-18(23)27)25(9-11-12(19)3-2-4-13(11)20)14(21-16)10-24-5-7-28-8-6-24/h2-4H,5-10H2,1H3,(H,22,26,27). The van der Waals surface area contributed by atoms with Gasteiger partial charge in [0.2, 0.25) is 0 Å². The van der Waals surface area contributed by atoms with Crippen molar-refractivity contribution in [1.82, 2.24) is 24.0 Å². The van der Waals surface area contributed by atoms with E-state index in [2.05, 4.69) is 14.9 Å². The number of halogens is 2. The molecule has 8 nitrogen and oxygen atoms in total. The molecule has 1 aromatic carbocycles. The van der Waals surface area contributed by atoms with Gasteiger partial charge in [0.05, 0.1) is 26.3 Å². The number of aryl methyl sites for hydroxylation is 1. The van der Waals surface area contributed by atoms with Crippen LogP contribution in [0.3, 0.4) is 0 Å². The molecule has 148 valence electrons. The van der Waals surface area contributed by atoms with Crippen LogP contribution < -0.4 is 11.2 Å². The lowest BCUT2D eigenvalue weighted by molar-refractivity contribution is 0.0327. The average Bonchev–Trinajstić information content (AvgIpc) is 3.02. The third kappa shape index (κ3) is 3.48. The third-order valence-electron chi connectivity index (χ3n) is 4.93. The molecule has 0 atom stereocenters. The number of fused-ring (bicyclic) bond motifs is 1. The molecule has 0 bridgehead atoms. The highest BCUT2D eigenvalue weighted by atomic mass is 35.5. The summed E-state index contributed by atoms with van der Waals surface area (Å²) in [7, 11) is 1.58. The molecule has 0 unspecified atom stereocenters. The minimum atomic E-state index is -0.504. The van der Waals surface area contributed by atoms with Gasteiger partial charge in [0.25, 0.3) is 5.56 Å². The van der Waals surface area contributed by atoms with Gasteiger partial charge in [-0.3, -0.25) is 19.2 Å². The Morgan fingerprint density at radius 1 is 1.14 bits per heavy atom. The molecule has 1 aliphatic rings. The number of morpholine rings is 1. The summed E-state index contributed by atoms with van der Waals surface area (Å²) in [5.41, 5.74) is 0.362. The Labute approximate surface area is 170 Å². The maximum atomic E-state index is 12.6. The normalized spacial score (nSPS) is 15.4. The van der Waals surface area contributed by atoms with Crippen LogP contribution >= 0.6 is 23.2 Å². The maximum Gasteiger partial charge on any atom is 0.329 e. The molecule has 3 aromatic rings. The van der Waals surface area contributed by atoms with Crippen LogP contribution in [0.4, 0.5) is 0 Å². The smallest absolute Gasteiger partial charge is 0.329 e. The molecule has 3 heterocycles. The van der Waals surface area contributed by atoms with E-state index in [0.29, 0.717) is 52.4 Å². The minimum absolute atomic E-state index is 0.274. The molecule has 0 amide bonds. The molecule has 0 radical (unpaired) electrons. The van der Waals surface area contributed by atoms with E-state index in [1.807, 2.05) is 0 Å². The van der Waals surface area contributed by atoms with Crippen LogP contribution in [-0.2, 0) is 24.9 Å². The second kappa shape index (κ2) is 7.71. The highest BCUT2D eigenvalue weighted by Gasteiger charge is 2.21. The van der Waals surface area contributed by atoms with E-state index in [0.717, 1.165) is 13.1 Å². The van der Waals surface area contributed by atoms with Gasteiger partial charge >= 0.3 is 5.69 Å². The SMILES string of the molecule is Cn1c(=O)[nH]c(=O)c2c1nc(CN1CCOCC1)n2Cc1c(Cl)cccc1Cl. The number of benzene rings is 1. The lowest BCUT2D eigenvalue weighted by Gasteiger charge is -2.26. The number of rotatable bonds is 4. The number of imidazole rings is 1. The van der Waals surface area contributed by atoms with Crippen LogP contribution in [0.1, 0.15) is 11.4 Å². The van der Waals surface area contributed by atoms with Crippen molar-refractivity contribution >= 4 is 34.4 Å². The van der Waals surface area contributed by atoms with Crippen molar-refractivity contribution in [1.29, 1.82) is 0 Å². The summed E-state index contributed by atoms with van der Waals surface area (Å²) >= 11 is 12.7. The zero-order valence-electron chi connectivity index (χ0n) is 15.2. The molecule has 10 heteroatoms. The fourth-order valence-electron chi connectivity index (χ4n) is 3.37. The number of nitrogens with zero attached hydrogens (tertiary/aromatic N) is 4. The van der Waals surface area contributed by atoms with E-state index in [1.165, 1.54) is 4.57 Å². The Hall–Kier alpha value is -2.13. The minimum Gasteiger partial charge on any atom is -0.379 e. The Balaban J connectivity index is 1.88.